The van der Waals surface area contributed by atoms with Crippen LogP contribution in [-0.4, -0.2) is 40.3 Å². The van der Waals surface area contributed by atoms with Crippen molar-refractivity contribution in [3.63, 3.8) is 0 Å². The molecule has 2 aliphatic rings. The predicted molar refractivity (Wildman–Crippen MR) is 110 cm³/mol. The number of halogens is 2. The highest BCUT2D eigenvalue weighted by Crippen LogP contribution is 2.47. The molecule has 8 heteroatoms. The topological polar surface area (TPSA) is 47.4 Å². The number of alkyl halides is 2. The van der Waals surface area contributed by atoms with Crippen molar-refractivity contribution in [1.82, 2.24) is 14.7 Å². The molecule has 2 aliphatic heterocycles. The standard InChI is InChI=1S/C22H21F2N3O2S/c23-21(24)27-10-6-17(25-27)20(28)26-11-8-22(9-12-26)19-16(7-13-29-22)14-18(30-19)15-4-2-1-3-5-15/h1-6,10,14,21H,7-9,11-13H2. The van der Waals surface area contributed by atoms with E-state index in [-0.39, 0.29) is 17.2 Å². The first kappa shape index (κ1) is 19.4. The molecule has 1 fully saturated rings. The Morgan fingerprint density at radius 1 is 1.17 bits per heavy atom. The van der Waals surface area contributed by atoms with Crippen LogP contribution in [0.2, 0.25) is 0 Å². The van der Waals surface area contributed by atoms with Crippen molar-refractivity contribution in [2.75, 3.05) is 19.7 Å². The van der Waals surface area contributed by atoms with E-state index < -0.39 is 6.55 Å². The summed E-state index contributed by atoms with van der Waals surface area (Å²) in [5.74, 6) is -0.309. The molecule has 0 N–H and O–H groups in total. The summed E-state index contributed by atoms with van der Waals surface area (Å²) in [4.78, 5) is 16.9. The van der Waals surface area contributed by atoms with Crippen molar-refractivity contribution in [3.05, 3.63) is 64.8 Å². The molecule has 5 rings (SSSR count). The van der Waals surface area contributed by atoms with Gasteiger partial charge in [0, 0.05) is 29.0 Å². The summed E-state index contributed by atoms with van der Waals surface area (Å²) in [6.07, 6.45) is 3.41. The number of nitrogens with zero attached hydrogens (tertiary/aromatic N) is 3. The van der Waals surface area contributed by atoms with Crippen LogP contribution in [0.4, 0.5) is 8.78 Å². The van der Waals surface area contributed by atoms with E-state index in [1.807, 2.05) is 18.2 Å². The van der Waals surface area contributed by atoms with E-state index in [0.29, 0.717) is 37.2 Å². The lowest BCUT2D eigenvalue weighted by Crippen LogP contribution is -2.48. The summed E-state index contributed by atoms with van der Waals surface area (Å²) < 4.78 is 32.3. The van der Waals surface area contributed by atoms with Gasteiger partial charge in [-0.3, -0.25) is 4.79 Å². The zero-order chi connectivity index (χ0) is 20.7. The zero-order valence-electron chi connectivity index (χ0n) is 16.3. The van der Waals surface area contributed by atoms with Gasteiger partial charge in [0.15, 0.2) is 5.69 Å². The first-order valence-electron chi connectivity index (χ1n) is 10.0. The van der Waals surface area contributed by atoms with Gasteiger partial charge in [0.2, 0.25) is 0 Å². The number of aromatic nitrogens is 2. The van der Waals surface area contributed by atoms with Gasteiger partial charge < -0.3 is 9.64 Å². The lowest BCUT2D eigenvalue weighted by molar-refractivity contribution is -0.0906. The fraction of sp³-hybridized carbons (Fsp3) is 0.364. The second-order valence-electron chi connectivity index (χ2n) is 7.67. The molecule has 3 aromatic rings. The number of likely N-dealkylation sites (tertiary alicyclic amines) is 1. The predicted octanol–water partition coefficient (Wildman–Crippen LogP) is 4.71. The number of amides is 1. The number of fused-ring (bicyclic) bond motifs is 2. The fourth-order valence-corrected chi connectivity index (χ4v) is 5.75. The molecule has 0 unspecified atom stereocenters. The molecular formula is C22H21F2N3O2S. The Morgan fingerprint density at radius 3 is 2.63 bits per heavy atom. The van der Waals surface area contributed by atoms with E-state index in [9.17, 15) is 13.6 Å². The van der Waals surface area contributed by atoms with Crippen LogP contribution in [0.1, 0.15) is 40.3 Å². The van der Waals surface area contributed by atoms with Crippen LogP contribution in [0, 0.1) is 0 Å². The summed E-state index contributed by atoms with van der Waals surface area (Å²) in [6.45, 7) is -1.05. The van der Waals surface area contributed by atoms with Crippen molar-refractivity contribution in [2.45, 2.75) is 31.4 Å². The molecule has 0 radical (unpaired) electrons. The highest BCUT2D eigenvalue weighted by atomic mass is 32.1. The third-order valence-corrected chi connectivity index (χ3v) is 7.33. The third-order valence-electron chi connectivity index (χ3n) is 5.92. The van der Waals surface area contributed by atoms with E-state index in [4.69, 9.17) is 4.74 Å². The monoisotopic (exact) mass is 429 g/mol. The lowest BCUT2D eigenvalue weighted by Gasteiger charge is -2.43. The summed E-state index contributed by atoms with van der Waals surface area (Å²) in [7, 11) is 0. The number of carbonyl (C=O) groups excluding carboxylic acids is 1. The van der Waals surface area contributed by atoms with E-state index in [1.54, 1.807) is 16.2 Å². The Labute approximate surface area is 176 Å². The van der Waals surface area contributed by atoms with Crippen LogP contribution < -0.4 is 0 Å². The minimum absolute atomic E-state index is 0.0546. The van der Waals surface area contributed by atoms with Crippen molar-refractivity contribution < 1.29 is 18.3 Å². The lowest BCUT2D eigenvalue weighted by atomic mass is 9.85. The number of hydrogen-bond acceptors (Lipinski definition) is 4. The molecular weight excluding hydrogens is 408 g/mol. The molecule has 0 aliphatic carbocycles. The normalized spacial score (nSPS) is 18.0. The molecule has 0 saturated carbocycles. The number of rotatable bonds is 3. The van der Waals surface area contributed by atoms with Crippen molar-refractivity contribution in [1.29, 1.82) is 0 Å². The van der Waals surface area contributed by atoms with Crippen LogP contribution in [0.15, 0.2) is 48.7 Å². The molecule has 2 aromatic heterocycles. The second-order valence-corrected chi connectivity index (χ2v) is 8.73. The number of hydrogen-bond donors (Lipinski definition) is 0. The maximum atomic E-state index is 12.8. The average Bonchev–Trinajstić information content (AvgIpc) is 3.43. The number of benzene rings is 1. The van der Waals surface area contributed by atoms with Gasteiger partial charge in [0.25, 0.3) is 5.91 Å². The van der Waals surface area contributed by atoms with Crippen LogP contribution in [-0.2, 0) is 16.8 Å². The molecule has 1 aromatic carbocycles. The first-order chi connectivity index (χ1) is 14.6. The van der Waals surface area contributed by atoms with Gasteiger partial charge in [0.05, 0.1) is 6.61 Å². The Morgan fingerprint density at radius 2 is 1.93 bits per heavy atom. The van der Waals surface area contributed by atoms with Gasteiger partial charge in [-0.1, -0.05) is 30.3 Å². The summed E-state index contributed by atoms with van der Waals surface area (Å²) in [6, 6.07) is 13.9. The summed E-state index contributed by atoms with van der Waals surface area (Å²) in [5, 5.41) is 3.71. The zero-order valence-corrected chi connectivity index (χ0v) is 17.1. The maximum absolute atomic E-state index is 12.8. The van der Waals surface area contributed by atoms with E-state index in [0.717, 1.165) is 12.6 Å². The van der Waals surface area contributed by atoms with Crippen LogP contribution in [0.3, 0.4) is 0 Å². The number of carbonyl (C=O) groups is 1. The third kappa shape index (κ3) is 3.33. The molecule has 4 heterocycles. The molecule has 156 valence electrons. The molecule has 0 bridgehead atoms. The Hall–Kier alpha value is -2.58. The van der Waals surface area contributed by atoms with Crippen molar-refractivity contribution >= 4 is 17.2 Å². The largest absolute Gasteiger partial charge is 0.369 e. The summed E-state index contributed by atoms with van der Waals surface area (Å²) in [5.41, 5.74) is 2.22. The Bertz CT molecular complexity index is 1060. The van der Waals surface area contributed by atoms with Crippen molar-refractivity contribution in [2.24, 2.45) is 0 Å². The van der Waals surface area contributed by atoms with Gasteiger partial charge in [-0.15, -0.1) is 11.3 Å². The van der Waals surface area contributed by atoms with Gasteiger partial charge in [-0.05, 0) is 42.5 Å². The van der Waals surface area contributed by atoms with Crippen LogP contribution >= 0.6 is 11.3 Å². The molecule has 0 atom stereocenters. The highest BCUT2D eigenvalue weighted by molar-refractivity contribution is 7.15. The van der Waals surface area contributed by atoms with E-state index >= 15 is 0 Å². The Kier molecular flexibility index (Phi) is 4.91. The van der Waals surface area contributed by atoms with Gasteiger partial charge in [-0.25, -0.2) is 4.68 Å². The number of ether oxygens (including phenoxy) is 1. The highest BCUT2D eigenvalue weighted by Gasteiger charge is 2.43. The first-order valence-corrected chi connectivity index (χ1v) is 10.8. The molecule has 5 nitrogen and oxygen atoms in total. The molecule has 1 saturated heterocycles. The molecule has 30 heavy (non-hydrogen) atoms. The minimum Gasteiger partial charge on any atom is -0.369 e. The van der Waals surface area contributed by atoms with Gasteiger partial charge in [0.1, 0.15) is 5.60 Å². The van der Waals surface area contributed by atoms with Gasteiger partial charge in [-0.2, -0.15) is 13.9 Å². The quantitative estimate of drug-likeness (QED) is 0.606. The smallest absolute Gasteiger partial charge is 0.333 e. The Balaban J connectivity index is 1.35. The SMILES string of the molecule is O=C(c1ccn(C(F)F)n1)N1CCC2(CC1)OCCc1cc(-c3ccccc3)sc12. The maximum Gasteiger partial charge on any atom is 0.333 e. The fourth-order valence-electron chi connectivity index (χ4n) is 4.33. The van der Waals surface area contributed by atoms with Gasteiger partial charge >= 0.3 is 6.55 Å². The number of thiophene rings is 1. The second kappa shape index (κ2) is 7.59. The van der Waals surface area contributed by atoms with Crippen LogP contribution in [0.5, 0.6) is 0 Å². The minimum atomic E-state index is -2.75. The molecule has 1 spiro atoms. The van der Waals surface area contributed by atoms with Crippen LogP contribution in [0.25, 0.3) is 10.4 Å². The van der Waals surface area contributed by atoms with E-state index in [2.05, 4.69) is 23.3 Å². The van der Waals surface area contributed by atoms with Crippen molar-refractivity contribution in [3.8, 4) is 10.4 Å². The number of piperidine rings is 1. The average molecular weight is 429 g/mol. The van der Waals surface area contributed by atoms with E-state index in [1.165, 1.54) is 26.9 Å². The molecule has 1 amide bonds. The summed E-state index contributed by atoms with van der Waals surface area (Å²) >= 11 is 1.78.